The van der Waals surface area contributed by atoms with Crippen molar-refractivity contribution in [3.8, 4) is 0 Å². The molecule has 0 aliphatic heterocycles. The van der Waals surface area contributed by atoms with Crippen LogP contribution in [-0.4, -0.2) is 27.2 Å². The van der Waals surface area contributed by atoms with E-state index >= 15 is 0 Å². The number of nitrogens with zero attached hydrogens (tertiary/aromatic N) is 4. The van der Waals surface area contributed by atoms with Crippen LogP contribution in [0.5, 0.6) is 0 Å². The van der Waals surface area contributed by atoms with Crippen molar-refractivity contribution < 1.29 is 4.79 Å². The summed E-state index contributed by atoms with van der Waals surface area (Å²) in [6.45, 7) is 0. The molecule has 0 fully saturated rings. The number of aromatic nitrogens is 3. The highest BCUT2D eigenvalue weighted by atomic mass is 16.2. The monoisotopic (exact) mass is 168 g/mol. The highest BCUT2D eigenvalue weighted by Crippen LogP contribution is 1.85. The van der Waals surface area contributed by atoms with E-state index in [0.717, 1.165) is 0 Å². The number of primary amides is 1. The zero-order chi connectivity index (χ0) is 8.97. The number of urea groups is 1. The smallest absolute Gasteiger partial charge is 0.332 e. The maximum atomic E-state index is 10.2. The number of carbonyl (C=O) groups is 1. The fraction of sp³-hybridized carbons (Fsp3) is 0.200. The molecule has 0 radical (unpaired) electrons. The second-order valence-corrected chi connectivity index (χ2v) is 2.02. The molecule has 3 N–H and O–H groups in total. The maximum absolute atomic E-state index is 10.2. The minimum atomic E-state index is -0.707. The third-order valence-corrected chi connectivity index (χ3v) is 1.12. The van der Waals surface area contributed by atoms with Gasteiger partial charge in [0.15, 0.2) is 0 Å². The lowest BCUT2D eigenvalue weighted by molar-refractivity contribution is 0.249. The molecule has 0 saturated carbocycles. The second-order valence-electron chi connectivity index (χ2n) is 2.02. The zero-order valence-electron chi connectivity index (χ0n) is 6.43. The van der Waals surface area contributed by atoms with E-state index in [0.29, 0.717) is 5.69 Å². The van der Waals surface area contributed by atoms with Gasteiger partial charge in [-0.25, -0.2) is 14.9 Å². The zero-order valence-corrected chi connectivity index (χ0v) is 6.43. The average Bonchev–Trinajstić information content (AvgIpc) is 2.36. The summed E-state index contributed by atoms with van der Waals surface area (Å²) < 4.78 is 1.51. The Morgan fingerprint density at radius 1 is 1.92 bits per heavy atom. The number of hydrogen-bond donors (Lipinski definition) is 2. The Morgan fingerprint density at radius 3 is 3.17 bits per heavy atom. The summed E-state index contributed by atoms with van der Waals surface area (Å²) in [7, 11) is 1.71. The first-order valence-corrected chi connectivity index (χ1v) is 3.13. The quantitative estimate of drug-likeness (QED) is 0.429. The van der Waals surface area contributed by atoms with Crippen LogP contribution >= 0.6 is 0 Å². The summed E-state index contributed by atoms with van der Waals surface area (Å²) in [5.41, 5.74) is 7.49. The molecule has 7 nitrogen and oxygen atoms in total. The third-order valence-electron chi connectivity index (χ3n) is 1.12. The van der Waals surface area contributed by atoms with Crippen molar-refractivity contribution in [2.75, 3.05) is 0 Å². The molecule has 0 atom stereocenters. The van der Waals surface area contributed by atoms with Crippen molar-refractivity contribution in [3.05, 3.63) is 11.9 Å². The van der Waals surface area contributed by atoms with E-state index in [9.17, 15) is 4.79 Å². The Hall–Kier alpha value is -1.92. The SMILES string of the molecule is Cn1nncc1/C=N/NC(N)=O. The van der Waals surface area contributed by atoms with Gasteiger partial charge in [-0.05, 0) is 0 Å². The van der Waals surface area contributed by atoms with Gasteiger partial charge in [-0.1, -0.05) is 5.21 Å². The third kappa shape index (κ3) is 2.04. The van der Waals surface area contributed by atoms with E-state index in [1.54, 1.807) is 7.05 Å². The van der Waals surface area contributed by atoms with Gasteiger partial charge in [0.25, 0.3) is 0 Å². The number of hydrogen-bond acceptors (Lipinski definition) is 4. The Kier molecular flexibility index (Phi) is 2.36. The molecule has 0 saturated heterocycles. The molecule has 0 aliphatic rings. The van der Waals surface area contributed by atoms with Crippen LogP contribution in [0.2, 0.25) is 0 Å². The molecule has 12 heavy (non-hydrogen) atoms. The van der Waals surface area contributed by atoms with Gasteiger partial charge in [-0.15, -0.1) is 5.10 Å². The van der Waals surface area contributed by atoms with Gasteiger partial charge < -0.3 is 5.73 Å². The molecule has 1 aromatic heterocycles. The van der Waals surface area contributed by atoms with Crippen LogP contribution in [0.25, 0.3) is 0 Å². The standard InChI is InChI=1S/C5H8N6O/c1-11-4(3-8-10-11)2-7-9-5(6)12/h2-3H,1H3,(H3,6,9,12)/b7-2+. The van der Waals surface area contributed by atoms with E-state index in [4.69, 9.17) is 5.73 Å². The molecule has 0 spiro atoms. The van der Waals surface area contributed by atoms with Crippen LogP contribution in [0.3, 0.4) is 0 Å². The predicted molar refractivity (Wildman–Crippen MR) is 41.3 cm³/mol. The molecule has 1 heterocycles. The first kappa shape index (κ1) is 8.18. The molecule has 7 heteroatoms. The van der Waals surface area contributed by atoms with Crippen molar-refractivity contribution in [3.63, 3.8) is 0 Å². The number of amides is 2. The molecule has 1 rings (SSSR count). The van der Waals surface area contributed by atoms with Crippen LogP contribution in [0.1, 0.15) is 5.69 Å². The summed E-state index contributed by atoms with van der Waals surface area (Å²) in [5, 5.41) is 10.8. The first-order valence-electron chi connectivity index (χ1n) is 3.13. The number of nitrogens with one attached hydrogen (secondary N) is 1. The normalized spacial score (nSPS) is 10.4. The lowest BCUT2D eigenvalue weighted by Crippen LogP contribution is -2.24. The molecular weight excluding hydrogens is 160 g/mol. The van der Waals surface area contributed by atoms with Gasteiger partial charge in [0.05, 0.1) is 12.4 Å². The number of carbonyl (C=O) groups excluding carboxylic acids is 1. The lowest BCUT2D eigenvalue weighted by atomic mass is 10.5. The Morgan fingerprint density at radius 2 is 2.67 bits per heavy atom. The van der Waals surface area contributed by atoms with Crippen LogP contribution in [0.4, 0.5) is 4.79 Å². The van der Waals surface area contributed by atoms with E-state index < -0.39 is 6.03 Å². The number of hydrazone groups is 1. The second kappa shape index (κ2) is 3.46. The maximum Gasteiger partial charge on any atom is 0.332 e. The molecular formula is C5H8N6O. The Balaban J connectivity index is 2.57. The molecule has 0 aromatic carbocycles. The van der Waals surface area contributed by atoms with Crippen molar-refractivity contribution in [2.45, 2.75) is 0 Å². The number of aryl methyl sites for hydroxylation is 1. The minimum absolute atomic E-state index is 0.670. The minimum Gasteiger partial charge on any atom is -0.350 e. The van der Waals surface area contributed by atoms with Crippen molar-refractivity contribution in [1.82, 2.24) is 20.4 Å². The molecule has 64 valence electrons. The van der Waals surface area contributed by atoms with Crippen molar-refractivity contribution >= 4 is 12.2 Å². The van der Waals surface area contributed by atoms with Gasteiger partial charge in [-0.2, -0.15) is 5.10 Å². The van der Waals surface area contributed by atoms with Crippen LogP contribution < -0.4 is 11.2 Å². The Bertz CT molecular complexity index is 303. The van der Waals surface area contributed by atoms with Gasteiger partial charge in [-0.3, -0.25) is 0 Å². The molecule has 1 aromatic rings. The highest BCUT2D eigenvalue weighted by molar-refractivity contribution is 5.79. The summed E-state index contributed by atoms with van der Waals surface area (Å²) in [6.07, 6.45) is 2.90. The number of rotatable bonds is 2. The van der Waals surface area contributed by atoms with E-state index in [2.05, 4.69) is 20.8 Å². The molecule has 2 amide bonds. The van der Waals surface area contributed by atoms with Crippen molar-refractivity contribution in [2.24, 2.45) is 17.9 Å². The van der Waals surface area contributed by atoms with E-state index in [1.165, 1.54) is 17.1 Å². The van der Waals surface area contributed by atoms with Gasteiger partial charge >= 0.3 is 6.03 Å². The Labute approximate surface area is 68.2 Å². The van der Waals surface area contributed by atoms with E-state index in [-0.39, 0.29) is 0 Å². The fourth-order valence-electron chi connectivity index (χ4n) is 0.577. The average molecular weight is 168 g/mol. The van der Waals surface area contributed by atoms with Gasteiger partial charge in [0.1, 0.15) is 5.69 Å². The molecule has 0 aliphatic carbocycles. The van der Waals surface area contributed by atoms with E-state index in [1.807, 2.05) is 0 Å². The largest absolute Gasteiger partial charge is 0.350 e. The molecule has 0 unspecified atom stereocenters. The topological polar surface area (TPSA) is 98.2 Å². The van der Waals surface area contributed by atoms with Crippen LogP contribution in [-0.2, 0) is 7.05 Å². The van der Waals surface area contributed by atoms with Gasteiger partial charge in [0, 0.05) is 7.05 Å². The summed E-state index contributed by atoms with van der Waals surface area (Å²) >= 11 is 0. The van der Waals surface area contributed by atoms with Gasteiger partial charge in [0.2, 0.25) is 0 Å². The molecule has 0 bridgehead atoms. The lowest BCUT2D eigenvalue weighted by Gasteiger charge is -1.91. The van der Waals surface area contributed by atoms with Crippen LogP contribution in [0.15, 0.2) is 11.3 Å². The summed E-state index contributed by atoms with van der Waals surface area (Å²) in [6, 6.07) is -0.707. The predicted octanol–water partition coefficient (Wildman–Crippen LogP) is -1.18. The summed E-state index contributed by atoms with van der Waals surface area (Å²) in [5.74, 6) is 0. The van der Waals surface area contributed by atoms with Crippen LogP contribution in [0, 0.1) is 0 Å². The highest BCUT2D eigenvalue weighted by Gasteiger charge is 1.93. The number of nitrogens with two attached hydrogens (primary N) is 1. The summed E-state index contributed by atoms with van der Waals surface area (Å²) in [4.78, 5) is 10.2. The van der Waals surface area contributed by atoms with Crippen molar-refractivity contribution in [1.29, 1.82) is 0 Å². The fourth-order valence-corrected chi connectivity index (χ4v) is 0.577. The first-order chi connectivity index (χ1) is 5.70.